The van der Waals surface area contributed by atoms with Gasteiger partial charge in [-0.25, -0.2) is 14.4 Å². The highest BCUT2D eigenvalue weighted by Gasteiger charge is 2.42. The van der Waals surface area contributed by atoms with Crippen molar-refractivity contribution in [2.45, 2.75) is 85.8 Å². The highest BCUT2D eigenvalue weighted by Crippen LogP contribution is 2.17. The van der Waals surface area contributed by atoms with Gasteiger partial charge in [-0.3, -0.25) is 28.8 Å². The van der Waals surface area contributed by atoms with Crippen LogP contribution in [0.1, 0.15) is 38.5 Å². The molecule has 0 heterocycles. The van der Waals surface area contributed by atoms with Crippen LogP contribution < -0.4 is 0 Å². The number of aliphatic carboxylic acids is 9. The van der Waals surface area contributed by atoms with Crippen molar-refractivity contribution in [3.05, 3.63) is 0 Å². The van der Waals surface area contributed by atoms with E-state index in [2.05, 4.69) is 0 Å². The molecule has 0 bridgehead atoms. The van der Waals surface area contributed by atoms with Crippen molar-refractivity contribution in [3.8, 4) is 0 Å². The van der Waals surface area contributed by atoms with E-state index in [-0.39, 0.29) is 13.2 Å². The first-order valence-electron chi connectivity index (χ1n) is 14.7. The Kier molecular flexibility index (Phi) is 32.1. The number of aliphatic hydroxyl groups is 12. The van der Waals surface area contributed by atoms with Crippen LogP contribution in [0.15, 0.2) is 0 Å². The average Bonchev–Trinajstić information content (AvgIpc) is 3.05. The Morgan fingerprint density at radius 2 is 0.491 bits per heavy atom. The van der Waals surface area contributed by atoms with Crippen LogP contribution in [-0.2, 0) is 43.2 Å². The van der Waals surface area contributed by atoms with E-state index in [0.29, 0.717) is 0 Å². The quantitative estimate of drug-likeness (QED) is 0.0481. The lowest BCUT2D eigenvalue weighted by molar-refractivity contribution is -0.170. The zero-order valence-electron chi connectivity index (χ0n) is 29.0. The molecule has 0 aliphatic rings. The zero-order valence-corrected chi connectivity index (χ0v) is 29.0. The predicted octanol–water partition coefficient (Wildman–Crippen LogP) is -9.00. The van der Waals surface area contributed by atoms with Gasteiger partial charge in [-0.15, -0.1) is 0 Å². The molecule has 30 heteroatoms. The van der Waals surface area contributed by atoms with E-state index in [1.807, 2.05) is 0 Å². The lowest BCUT2D eigenvalue weighted by atomic mass is 9.96. The van der Waals surface area contributed by atoms with Crippen molar-refractivity contribution >= 4 is 53.7 Å². The van der Waals surface area contributed by atoms with Gasteiger partial charge in [0, 0.05) is 0 Å². The van der Waals surface area contributed by atoms with Crippen LogP contribution in [0, 0.1) is 0 Å². The van der Waals surface area contributed by atoms with Gasteiger partial charge < -0.3 is 107 Å². The molecule has 30 nitrogen and oxygen atoms in total. The second-order valence-electron chi connectivity index (χ2n) is 10.9. The van der Waals surface area contributed by atoms with Crippen LogP contribution >= 0.6 is 0 Å². The van der Waals surface area contributed by atoms with Crippen LogP contribution in [0.4, 0.5) is 0 Å². The van der Waals surface area contributed by atoms with E-state index in [9.17, 15) is 43.2 Å². The van der Waals surface area contributed by atoms with E-state index in [1.54, 1.807) is 0 Å². The molecule has 0 saturated carbocycles. The van der Waals surface area contributed by atoms with E-state index in [1.165, 1.54) is 0 Å². The Bertz CT molecular complexity index is 1110. The van der Waals surface area contributed by atoms with Crippen LogP contribution in [0.3, 0.4) is 0 Å². The molecule has 0 spiro atoms. The topological polar surface area (TPSA) is 578 Å². The average molecular weight is 851 g/mol. The summed E-state index contributed by atoms with van der Waals surface area (Å²) in [6.45, 7) is -2.18. The van der Waals surface area contributed by atoms with Gasteiger partial charge in [0.15, 0.2) is 16.8 Å². The molecule has 0 rings (SSSR count). The van der Waals surface area contributed by atoms with Gasteiger partial charge in [0.25, 0.3) is 0 Å². The molecule has 21 N–H and O–H groups in total. The molecular weight excluding hydrogens is 804 g/mol. The SMILES string of the molecule is O=C(O)CC(O)(CC(=O)O)C(=O)O.O=C(O)CC(O)(CC(=O)O)C(=O)O.O=C(O)CC(O)(CC(=O)O)C(=O)O.OCC(O)CO.OC[C@@H](O)[C@@H](O)[C@H](O)[C@@H](O)CO. The van der Waals surface area contributed by atoms with E-state index in [0.717, 1.165) is 0 Å². The second-order valence-corrected chi connectivity index (χ2v) is 10.9. The van der Waals surface area contributed by atoms with Crippen LogP contribution in [0.25, 0.3) is 0 Å². The van der Waals surface area contributed by atoms with Crippen LogP contribution in [0.5, 0.6) is 0 Å². The van der Waals surface area contributed by atoms with Crippen LogP contribution in [0.2, 0.25) is 0 Å². The highest BCUT2D eigenvalue weighted by atomic mass is 16.4. The number of aliphatic hydroxyl groups excluding tert-OH is 9. The fourth-order valence-corrected chi connectivity index (χ4v) is 2.87. The van der Waals surface area contributed by atoms with Crippen molar-refractivity contribution in [2.24, 2.45) is 0 Å². The Labute approximate surface area is 316 Å². The predicted molar refractivity (Wildman–Crippen MR) is 170 cm³/mol. The summed E-state index contributed by atoms with van der Waals surface area (Å²) in [6, 6.07) is 0. The van der Waals surface area contributed by atoms with Crippen molar-refractivity contribution < 1.29 is 150 Å². The minimum atomic E-state index is -2.74. The fourth-order valence-electron chi connectivity index (χ4n) is 2.87. The summed E-state index contributed by atoms with van der Waals surface area (Å²) >= 11 is 0. The maximum Gasteiger partial charge on any atom is 0.336 e. The molecule has 4 atom stereocenters. The minimum Gasteiger partial charge on any atom is -0.481 e. The van der Waals surface area contributed by atoms with Crippen molar-refractivity contribution in [2.75, 3.05) is 26.4 Å². The Hall–Kier alpha value is -5.25. The summed E-state index contributed by atoms with van der Waals surface area (Å²) in [5, 5.41) is 178. The standard InChI is InChI=1S/3C6H8O7.C6H14O6.C3H8O3/c3*7-3(8)1-6(13,5(11)12)2-4(9)10;7-1-3(9)5(11)6(12)4(10)2-8;4-1-3(6)2-5/h3*13H,1-2H2,(H,7,8)(H,9,10)(H,11,12);3-12H,1-2H2;3-6H,1-2H2/t;;;3-,4+,5-,6-;/m...1./s1. The number of carbonyl (C=O) groups is 9. The van der Waals surface area contributed by atoms with E-state index in [4.69, 9.17) is 107 Å². The Morgan fingerprint density at radius 1 is 0.333 bits per heavy atom. The molecule has 0 unspecified atom stereocenters. The van der Waals surface area contributed by atoms with Gasteiger partial charge in [0.2, 0.25) is 0 Å². The third-order valence-electron chi connectivity index (χ3n) is 5.79. The summed E-state index contributed by atoms with van der Waals surface area (Å²) in [7, 11) is 0. The third kappa shape index (κ3) is 30.6. The normalized spacial score (nSPS) is 13.0. The lowest BCUT2D eigenvalue weighted by Gasteiger charge is -2.24. The summed E-state index contributed by atoms with van der Waals surface area (Å²) in [5.74, 6) is -15.1. The molecule has 334 valence electrons. The van der Waals surface area contributed by atoms with Crippen molar-refractivity contribution in [1.29, 1.82) is 0 Å². The molecular formula is C27H46O30. The van der Waals surface area contributed by atoms with Gasteiger partial charge in [0.1, 0.15) is 30.5 Å². The molecule has 0 aliphatic carbocycles. The number of hydrogen-bond acceptors (Lipinski definition) is 21. The molecule has 0 aromatic heterocycles. The van der Waals surface area contributed by atoms with E-state index >= 15 is 0 Å². The molecule has 0 aromatic rings. The highest BCUT2D eigenvalue weighted by molar-refractivity contribution is 5.89. The number of carboxylic acids is 9. The molecule has 0 amide bonds. The van der Waals surface area contributed by atoms with E-state index < -0.39 is 153 Å². The van der Waals surface area contributed by atoms with Gasteiger partial charge in [-0.05, 0) is 0 Å². The maximum absolute atomic E-state index is 10.3. The second kappa shape index (κ2) is 30.0. The van der Waals surface area contributed by atoms with Gasteiger partial charge in [0.05, 0.1) is 65.0 Å². The smallest absolute Gasteiger partial charge is 0.336 e. The van der Waals surface area contributed by atoms with Gasteiger partial charge >= 0.3 is 53.7 Å². The first kappa shape index (κ1) is 61.0. The van der Waals surface area contributed by atoms with Crippen LogP contribution in [-0.4, -0.2) is 235 Å². The third-order valence-corrected chi connectivity index (χ3v) is 5.79. The maximum atomic E-state index is 10.3. The summed E-state index contributed by atoms with van der Waals surface area (Å²) in [5.41, 5.74) is -8.22. The minimum absolute atomic E-state index is 0.365. The fraction of sp³-hybridized carbons (Fsp3) is 0.667. The molecule has 0 fully saturated rings. The Balaban J connectivity index is -0.000000201. The van der Waals surface area contributed by atoms with Gasteiger partial charge in [-0.2, -0.15) is 0 Å². The first-order chi connectivity index (χ1) is 25.7. The van der Waals surface area contributed by atoms with Crippen molar-refractivity contribution in [3.63, 3.8) is 0 Å². The molecule has 0 aromatic carbocycles. The number of hydrogen-bond donors (Lipinski definition) is 21. The number of rotatable bonds is 22. The summed E-state index contributed by atoms with van der Waals surface area (Å²) in [4.78, 5) is 91.5. The molecule has 0 radical (unpaired) electrons. The largest absolute Gasteiger partial charge is 0.481 e. The monoisotopic (exact) mass is 850 g/mol. The zero-order chi connectivity index (χ0) is 46.7. The first-order valence-corrected chi connectivity index (χ1v) is 14.7. The molecule has 0 saturated heterocycles. The van der Waals surface area contributed by atoms with Crippen molar-refractivity contribution in [1.82, 2.24) is 0 Å². The Morgan fingerprint density at radius 3 is 0.561 bits per heavy atom. The van der Waals surface area contributed by atoms with Gasteiger partial charge in [-0.1, -0.05) is 0 Å². The summed E-state index contributed by atoms with van der Waals surface area (Å²) in [6.07, 6.45) is -14.2. The number of carboxylic acid groups (broad SMARTS) is 9. The molecule has 57 heavy (non-hydrogen) atoms. The summed E-state index contributed by atoms with van der Waals surface area (Å²) < 4.78 is 0. The lowest BCUT2D eigenvalue weighted by Crippen LogP contribution is -2.46. The molecule has 0 aliphatic heterocycles.